The molecule has 6 nitrogen and oxygen atoms in total. The van der Waals surface area contributed by atoms with Gasteiger partial charge in [-0.05, 0) is 25.2 Å². The van der Waals surface area contributed by atoms with Crippen molar-refractivity contribution in [3.63, 3.8) is 0 Å². The van der Waals surface area contributed by atoms with Crippen LogP contribution in [0.2, 0.25) is 0 Å². The maximum atomic E-state index is 12.8. The van der Waals surface area contributed by atoms with Crippen molar-refractivity contribution in [3.05, 3.63) is 0 Å². The van der Waals surface area contributed by atoms with Gasteiger partial charge in [0.25, 0.3) is 0 Å². The minimum absolute atomic E-state index is 0.0621. The van der Waals surface area contributed by atoms with Crippen molar-refractivity contribution in [1.82, 2.24) is 0 Å². The Kier molecular flexibility index (Phi) is 49.1. The van der Waals surface area contributed by atoms with Crippen LogP contribution in [0.3, 0.4) is 0 Å². The van der Waals surface area contributed by atoms with Crippen LogP contribution in [0.5, 0.6) is 0 Å². The third-order valence-corrected chi connectivity index (χ3v) is 12.8. The molecule has 0 unspecified atom stereocenters. The molecule has 0 radical (unpaired) electrons. The van der Waals surface area contributed by atoms with Gasteiger partial charge in [-0.2, -0.15) is 0 Å². The lowest BCUT2D eigenvalue weighted by molar-refractivity contribution is -0.167. The van der Waals surface area contributed by atoms with Crippen LogP contribution in [0.1, 0.15) is 317 Å². The Balaban J connectivity index is 4.25. The molecule has 0 saturated carbocycles. The first kappa shape index (κ1) is 60.4. The molecular formula is C56H108O6. The van der Waals surface area contributed by atoms with Gasteiger partial charge in [0.2, 0.25) is 0 Å². The third-order valence-electron chi connectivity index (χ3n) is 12.8. The summed E-state index contributed by atoms with van der Waals surface area (Å²) in [4.78, 5) is 38.0. The van der Waals surface area contributed by atoms with Crippen molar-refractivity contribution < 1.29 is 28.6 Å². The fourth-order valence-corrected chi connectivity index (χ4v) is 8.57. The Hall–Kier alpha value is -1.59. The van der Waals surface area contributed by atoms with Crippen LogP contribution in [0.15, 0.2) is 0 Å². The molecule has 0 amide bonds. The van der Waals surface area contributed by atoms with E-state index in [0.29, 0.717) is 19.3 Å². The minimum atomic E-state index is -0.761. The molecule has 0 aliphatic carbocycles. The quantitative estimate of drug-likeness (QED) is 0.0344. The number of hydrogen-bond donors (Lipinski definition) is 0. The lowest BCUT2D eigenvalue weighted by Crippen LogP contribution is -2.30. The Bertz CT molecular complexity index is 933. The van der Waals surface area contributed by atoms with E-state index in [-0.39, 0.29) is 31.1 Å². The summed E-state index contributed by atoms with van der Waals surface area (Å²) in [5, 5.41) is 0. The van der Waals surface area contributed by atoms with Crippen molar-refractivity contribution in [2.75, 3.05) is 13.2 Å². The summed E-state index contributed by atoms with van der Waals surface area (Å²) in [6, 6.07) is 0. The van der Waals surface area contributed by atoms with Gasteiger partial charge in [0.1, 0.15) is 13.2 Å². The van der Waals surface area contributed by atoms with E-state index in [1.54, 1.807) is 0 Å². The summed E-state index contributed by atoms with van der Waals surface area (Å²) in [5.74, 6) is 0.00357. The van der Waals surface area contributed by atoms with Crippen molar-refractivity contribution in [2.45, 2.75) is 323 Å². The summed E-state index contributed by atoms with van der Waals surface area (Å²) in [5.41, 5.74) is 0. The molecule has 0 aromatic heterocycles. The van der Waals surface area contributed by atoms with Crippen LogP contribution in [0, 0.1) is 5.92 Å². The smallest absolute Gasteiger partial charge is 0.306 e. The van der Waals surface area contributed by atoms with Crippen LogP contribution in [0.4, 0.5) is 0 Å². The fraction of sp³-hybridized carbons (Fsp3) is 0.946. The molecule has 0 saturated heterocycles. The van der Waals surface area contributed by atoms with Gasteiger partial charge in [-0.1, -0.05) is 278 Å². The van der Waals surface area contributed by atoms with Gasteiger partial charge in [0.05, 0.1) is 0 Å². The van der Waals surface area contributed by atoms with E-state index in [1.165, 1.54) is 212 Å². The average Bonchev–Trinajstić information content (AvgIpc) is 3.26. The van der Waals surface area contributed by atoms with Crippen molar-refractivity contribution in [2.24, 2.45) is 5.92 Å². The molecule has 368 valence electrons. The van der Waals surface area contributed by atoms with Crippen LogP contribution in [-0.2, 0) is 28.6 Å². The van der Waals surface area contributed by atoms with Gasteiger partial charge < -0.3 is 14.2 Å². The SMILES string of the molecule is CCCCCCCCCCCCCCCCCCCC(=O)OC[C@@H](COC(=O)CCCCCCCCCCCC)OC(=O)CCCCCCCCCCCCCCCCC(C)C. The van der Waals surface area contributed by atoms with Gasteiger partial charge in [-0.15, -0.1) is 0 Å². The lowest BCUT2D eigenvalue weighted by Gasteiger charge is -2.18. The van der Waals surface area contributed by atoms with Crippen molar-refractivity contribution in [1.29, 1.82) is 0 Å². The zero-order valence-electron chi connectivity index (χ0n) is 42.3. The van der Waals surface area contributed by atoms with Crippen LogP contribution >= 0.6 is 0 Å². The monoisotopic (exact) mass is 877 g/mol. The van der Waals surface area contributed by atoms with E-state index in [9.17, 15) is 14.4 Å². The van der Waals surface area contributed by atoms with Crippen LogP contribution < -0.4 is 0 Å². The number of rotatable bonds is 51. The molecule has 0 aliphatic heterocycles. The number of ether oxygens (including phenoxy) is 3. The van der Waals surface area contributed by atoms with Gasteiger partial charge >= 0.3 is 17.9 Å². The Morgan fingerprint density at radius 2 is 0.532 bits per heavy atom. The highest BCUT2D eigenvalue weighted by Crippen LogP contribution is 2.18. The van der Waals surface area contributed by atoms with E-state index in [2.05, 4.69) is 27.7 Å². The predicted molar refractivity (Wildman–Crippen MR) is 266 cm³/mol. The Morgan fingerprint density at radius 1 is 0.306 bits per heavy atom. The minimum Gasteiger partial charge on any atom is -0.462 e. The average molecular weight is 877 g/mol. The van der Waals surface area contributed by atoms with E-state index in [4.69, 9.17) is 14.2 Å². The second-order valence-corrected chi connectivity index (χ2v) is 19.7. The molecular weight excluding hydrogens is 769 g/mol. The molecule has 0 aromatic carbocycles. The standard InChI is InChI=1S/C56H108O6/c1-5-7-9-11-13-15-17-18-19-20-21-25-28-32-36-40-44-48-55(58)61-51-53(50-60-54(57)47-43-39-35-31-16-14-12-10-8-6-2)62-56(59)49-45-41-37-33-29-26-23-22-24-27-30-34-38-42-46-52(3)4/h52-53H,5-51H2,1-4H3/t53-/m1/s1. The molecule has 0 rings (SSSR count). The molecule has 6 heteroatoms. The maximum absolute atomic E-state index is 12.8. The van der Waals surface area contributed by atoms with Gasteiger partial charge in [0.15, 0.2) is 6.10 Å². The largest absolute Gasteiger partial charge is 0.462 e. The molecule has 0 bridgehead atoms. The normalized spacial score (nSPS) is 12.0. The van der Waals surface area contributed by atoms with E-state index in [0.717, 1.165) is 63.7 Å². The van der Waals surface area contributed by atoms with Crippen LogP contribution in [-0.4, -0.2) is 37.2 Å². The summed E-state index contributed by atoms with van der Waals surface area (Å²) in [6.45, 7) is 9.05. The summed E-state index contributed by atoms with van der Waals surface area (Å²) >= 11 is 0. The fourth-order valence-electron chi connectivity index (χ4n) is 8.57. The number of carbonyl (C=O) groups is 3. The molecule has 0 heterocycles. The van der Waals surface area contributed by atoms with Gasteiger partial charge in [0, 0.05) is 19.3 Å². The second kappa shape index (κ2) is 50.4. The number of esters is 3. The van der Waals surface area contributed by atoms with E-state index < -0.39 is 6.10 Å². The summed E-state index contributed by atoms with van der Waals surface area (Å²) in [7, 11) is 0. The lowest BCUT2D eigenvalue weighted by atomic mass is 10.0. The molecule has 0 N–H and O–H groups in total. The highest BCUT2D eigenvalue weighted by Gasteiger charge is 2.19. The molecule has 0 aromatic rings. The number of unbranched alkanes of at least 4 members (excludes halogenated alkanes) is 38. The Labute approximate surface area is 387 Å². The molecule has 0 fully saturated rings. The first-order valence-corrected chi connectivity index (χ1v) is 27.9. The Morgan fingerprint density at radius 3 is 0.790 bits per heavy atom. The second-order valence-electron chi connectivity index (χ2n) is 19.7. The number of carbonyl (C=O) groups excluding carboxylic acids is 3. The van der Waals surface area contributed by atoms with Crippen LogP contribution in [0.25, 0.3) is 0 Å². The van der Waals surface area contributed by atoms with Gasteiger partial charge in [-0.25, -0.2) is 0 Å². The van der Waals surface area contributed by atoms with E-state index >= 15 is 0 Å². The molecule has 62 heavy (non-hydrogen) atoms. The summed E-state index contributed by atoms with van der Waals surface area (Å²) in [6.07, 6.45) is 53.8. The van der Waals surface area contributed by atoms with Gasteiger partial charge in [-0.3, -0.25) is 14.4 Å². The highest BCUT2D eigenvalue weighted by atomic mass is 16.6. The predicted octanol–water partition coefficient (Wildman–Crippen LogP) is 18.2. The topological polar surface area (TPSA) is 78.9 Å². The molecule has 0 aliphatic rings. The van der Waals surface area contributed by atoms with Crippen molar-refractivity contribution in [3.8, 4) is 0 Å². The third kappa shape index (κ3) is 49.4. The first-order valence-electron chi connectivity index (χ1n) is 27.9. The number of hydrogen-bond acceptors (Lipinski definition) is 6. The first-order chi connectivity index (χ1) is 30.4. The maximum Gasteiger partial charge on any atom is 0.306 e. The van der Waals surface area contributed by atoms with Crippen molar-refractivity contribution >= 4 is 17.9 Å². The zero-order valence-corrected chi connectivity index (χ0v) is 42.3. The highest BCUT2D eigenvalue weighted by molar-refractivity contribution is 5.71. The summed E-state index contributed by atoms with van der Waals surface area (Å²) < 4.78 is 16.8. The molecule has 1 atom stereocenters. The van der Waals surface area contributed by atoms with E-state index in [1.807, 2.05) is 0 Å². The molecule has 0 spiro atoms. The zero-order chi connectivity index (χ0) is 45.2.